The summed E-state index contributed by atoms with van der Waals surface area (Å²) >= 11 is 0. The molecule has 1 heteroatoms. The minimum atomic E-state index is 0.961. The molecule has 0 bridgehead atoms. The number of hydrogen-bond acceptors (Lipinski definition) is 0. The van der Waals surface area contributed by atoms with E-state index < -0.39 is 0 Å². The monoisotopic (exact) mass is 198 g/mol. The fourth-order valence-electron chi connectivity index (χ4n) is 1.35. The Bertz CT molecular complexity index is 91.1. The Hall–Kier alpha value is 0.217. The van der Waals surface area contributed by atoms with Gasteiger partial charge in [-0.25, -0.2) is 0 Å². The van der Waals surface area contributed by atoms with Crippen LogP contribution < -0.4 is 0 Å². The van der Waals surface area contributed by atoms with E-state index in [2.05, 4.69) is 20.8 Å². The second-order valence-corrected chi connectivity index (χ2v) is 5.61. The van der Waals surface area contributed by atoms with Gasteiger partial charge in [0.05, 0.1) is 0 Å². The Balaban J connectivity index is 2.91. The van der Waals surface area contributed by atoms with Crippen LogP contribution in [0.25, 0.3) is 0 Å². The van der Waals surface area contributed by atoms with Gasteiger partial charge in [0.25, 0.3) is 0 Å². The van der Waals surface area contributed by atoms with Crippen LogP contribution in [0, 0.1) is 5.92 Å². The number of hydrogen-bond donors (Lipinski definition) is 0. The van der Waals surface area contributed by atoms with Gasteiger partial charge in [0.15, 0.2) is 0 Å². The van der Waals surface area contributed by atoms with Gasteiger partial charge in [-0.2, -0.15) is 0 Å². The van der Waals surface area contributed by atoms with E-state index in [1.807, 2.05) is 0 Å². The van der Waals surface area contributed by atoms with E-state index in [1.54, 1.807) is 0 Å². The molecular weight excluding hydrogens is 172 g/mol. The molecule has 0 unspecified atom stereocenters. The smallest absolute Gasteiger partial charge is 0.0378 e. The van der Waals surface area contributed by atoms with E-state index in [-0.39, 0.29) is 0 Å². The molecule has 0 amide bonds. The lowest BCUT2D eigenvalue weighted by atomic mass is 10.1. The lowest BCUT2D eigenvalue weighted by Crippen LogP contribution is -1.96. The standard InChI is InChI=1S/C12H26Si/c1-4-6-7-8-10-13-11-9-12(3)5-2/h12H,4-11H2,1-3H3/t12-/m1/s1. The fourth-order valence-corrected chi connectivity index (χ4v) is 2.80. The fraction of sp³-hybridized carbons (Fsp3) is 1.00. The van der Waals surface area contributed by atoms with Crippen molar-refractivity contribution in [1.29, 1.82) is 0 Å². The summed E-state index contributed by atoms with van der Waals surface area (Å²) in [5.41, 5.74) is 0. The van der Waals surface area contributed by atoms with Gasteiger partial charge in [-0.1, -0.05) is 71.4 Å². The molecule has 0 heterocycles. The van der Waals surface area contributed by atoms with Crippen LogP contribution in [0.4, 0.5) is 0 Å². The van der Waals surface area contributed by atoms with Gasteiger partial charge in [-0.3, -0.25) is 0 Å². The van der Waals surface area contributed by atoms with Gasteiger partial charge < -0.3 is 0 Å². The van der Waals surface area contributed by atoms with Gasteiger partial charge in [-0.05, 0) is 5.92 Å². The predicted octanol–water partition coefficient (Wildman–Crippen LogP) is 4.54. The summed E-state index contributed by atoms with van der Waals surface area (Å²) in [7, 11) is 1.24. The third kappa shape index (κ3) is 10.1. The van der Waals surface area contributed by atoms with E-state index in [0.29, 0.717) is 0 Å². The highest BCUT2D eigenvalue weighted by molar-refractivity contribution is 6.35. The Morgan fingerprint density at radius 2 is 1.77 bits per heavy atom. The van der Waals surface area contributed by atoms with Gasteiger partial charge >= 0.3 is 0 Å². The van der Waals surface area contributed by atoms with Crippen LogP contribution >= 0.6 is 0 Å². The molecule has 0 nitrogen and oxygen atoms in total. The average Bonchev–Trinajstić information content (AvgIpc) is 2.16. The van der Waals surface area contributed by atoms with E-state index in [9.17, 15) is 0 Å². The van der Waals surface area contributed by atoms with Gasteiger partial charge in [0.2, 0.25) is 0 Å². The third-order valence-electron chi connectivity index (χ3n) is 2.72. The summed E-state index contributed by atoms with van der Waals surface area (Å²) < 4.78 is 0. The maximum atomic E-state index is 2.38. The maximum absolute atomic E-state index is 2.38. The highest BCUT2D eigenvalue weighted by Crippen LogP contribution is 2.11. The minimum absolute atomic E-state index is 0.961. The van der Waals surface area contributed by atoms with E-state index >= 15 is 0 Å². The molecule has 1 atom stereocenters. The summed E-state index contributed by atoms with van der Waals surface area (Å²) in [6.07, 6.45) is 8.58. The minimum Gasteiger partial charge on any atom is -0.0654 e. The molecule has 78 valence electrons. The van der Waals surface area contributed by atoms with Crippen LogP contribution in [0.1, 0.15) is 59.3 Å². The first-order valence-corrected chi connectivity index (χ1v) is 7.43. The van der Waals surface area contributed by atoms with Gasteiger partial charge in [-0.15, -0.1) is 0 Å². The second kappa shape index (κ2) is 10.3. The molecule has 0 rings (SSSR count). The number of rotatable bonds is 9. The Morgan fingerprint density at radius 3 is 2.38 bits per heavy atom. The molecule has 0 aliphatic carbocycles. The summed E-state index contributed by atoms with van der Waals surface area (Å²) in [6.45, 7) is 6.96. The second-order valence-electron chi connectivity index (χ2n) is 4.11. The molecule has 0 fully saturated rings. The maximum Gasteiger partial charge on any atom is 0.0378 e. The normalized spacial score (nSPS) is 13.2. The topological polar surface area (TPSA) is 0 Å². The van der Waals surface area contributed by atoms with Gasteiger partial charge in [0, 0.05) is 9.52 Å². The Kier molecular flexibility index (Phi) is 10.5. The van der Waals surface area contributed by atoms with Crippen LogP contribution in [0.5, 0.6) is 0 Å². The number of unbranched alkanes of at least 4 members (excludes halogenated alkanes) is 3. The molecule has 0 saturated heterocycles. The zero-order valence-corrected chi connectivity index (χ0v) is 10.7. The SMILES string of the molecule is CCCCCC[Si]CC[C@H](C)CC. The first kappa shape index (κ1) is 13.2. The first-order valence-electron chi connectivity index (χ1n) is 6.02. The van der Waals surface area contributed by atoms with Crippen molar-refractivity contribution in [2.75, 3.05) is 0 Å². The first-order chi connectivity index (χ1) is 6.31. The van der Waals surface area contributed by atoms with Crippen molar-refractivity contribution in [1.82, 2.24) is 0 Å². The summed E-state index contributed by atoms with van der Waals surface area (Å²) in [6, 6.07) is 2.98. The highest BCUT2D eigenvalue weighted by Gasteiger charge is 1.98. The van der Waals surface area contributed by atoms with Crippen LogP contribution in [0.15, 0.2) is 0 Å². The summed E-state index contributed by atoms with van der Waals surface area (Å²) in [4.78, 5) is 0. The largest absolute Gasteiger partial charge is 0.0654 e. The molecule has 0 aromatic heterocycles. The van der Waals surface area contributed by atoms with E-state index in [4.69, 9.17) is 0 Å². The molecular formula is C12H26Si. The quantitative estimate of drug-likeness (QED) is 0.377. The molecule has 0 saturated carbocycles. The van der Waals surface area contributed by atoms with Crippen LogP contribution in [0.2, 0.25) is 12.1 Å². The zero-order chi connectivity index (χ0) is 9.94. The molecule has 0 aliphatic heterocycles. The average molecular weight is 198 g/mol. The molecule has 0 aromatic rings. The third-order valence-corrected chi connectivity index (χ3v) is 4.07. The molecule has 0 aliphatic rings. The van der Waals surface area contributed by atoms with Crippen molar-refractivity contribution in [3.8, 4) is 0 Å². The van der Waals surface area contributed by atoms with Crippen LogP contribution in [-0.4, -0.2) is 9.52 Å². The molecule has 13 heavy (non-hydrogen) atoms. The Labute approximate surface area is 87.3 Å². The zero-order valence-electron chi connectivity index (χ0n) is 9.73. The molecule has 0 N–H and O–H groups in total. The van der Waals surface area contributed by atoms with E-state index in [0.717, 1.165) is 5.92 Å². The molecule has 0 aromatic carbocycles. The lowest BCUT2D eigenvalue weighted by Gasteiger charge is -2.06. The summed E-state index contributed by atoms with van der Waals surface area (Å²) in [5.74, 6) is 0.961. The Morgan fingerprint density at radius 1 is 1.00 bits per heavy atom. The lowest BCUT2D eigenvalue weighted by molar-refractivity contribution is 0.542. The summed E-state index contributed by atoms with van der Waals surface area (Å²) in [5, 5.41) is 0. The van der Waals surface area contributed by atoms with Crippen molar-refractivity contribution >= 4 is 9.52 Å². The van der Waals surface area contributed by atoms with Gasteiger partial charge in [0.1, 0.15) is 0 Å². The predicted molar refractivity (Wildman–Crippen MR) is 63.6 cm³/mol. The van der Waals surface area contributed by atoms with E-state index in [1.165, 1.54) is 60.1 Å². The van der Waals surface area contributed by atoms with Crippen molar-refractivity contribution in [2.45, 2.75) is 71.4 Å². The van der Waals surface area contributed by atoms with Crippen LogP contribution in [-0.2, 0) is 0 Å². The van der Waals surface area contributed by atoms with Crippen molar-refractivity contribution in [3.05, 3.63) is 0 Å². The molecule has 0 spiro atoms. The van der Waals surface area contributed by atoms with Crippen molar-refractivity contribution in [3.63, 3.8) is 0 Å². The molecule has 2 radical (unpaired) electrons. The van der Waals surface area contributed by atoms with Crippen molar-refractivity contribution in [2.24, 2.45) is 5.92 Å². The highest BCUT2D eigenvalue weighted by atomic mass is 28.2. The van der Waals surface area contributed by atoms with Crippen LogP contribution in [0.3, 0.4) is 0 Å². The van der Waals surface area contributed by atoms with Crippen molar-refractivity contribution < 1.29 is 0 Å².